The molecule has 4 rings (SSSR count). The molecule has 30 heavy (non-hydrogen) atoms. The lowest BCUT2D eigenvalue weighted by Crippen LogP contribution is -2.73. The molecular formula is C21H25N6O2S+. The first-order valence-electron chi connectivity index (χ1n) is 9.99. The van der Waals surface area contributed by atoms with E-state index in [4.69, 9.17) is 0 Å². The van der Waals surface area contributed by atoms with Gasteiger partial charge in [0.05, 0.1) is 11.3 Å². The van der Waals surface area contributed by atoms with E-state index < -0.39 is 0 Å². The fourth-order valence-electron chi connectivity index (χ4n) is 3.60. The van der Waals surface area contributed by atoms with Crippen LogP contribution >= 0.6 is 11.8 Å². The van der Waals surface area contributed by atoms with Crippen LogP contribution in [0, 0.1) is 13.8 Å². The Bertz CT molecular complexity index is 1020. The number of aryl methyl sites for hydroxylation is 2. The number of nitrogens with zero attached hydrogens (tertiary/aromatic N) is 3. The van der Waals surface area contributed by atoms with Gasteiger partial charge in [0.1, 0.15) is 0 Å². The van der Waals surface area contributed by atoms with Crippen LogP contribution in [0.5, 0.6) is 0 Å². The summed E-state index contributed by atoms with van der Waals surface area (Å²) in [6.07, 6.45) is 8.45. The van der Waals surface area contributed by atoms with E-state index in [-0.39, 0.29) is 11.9 Å². The second-order valence-electron chi connectivity index (χ2n) is 7.51. The molecule has 1 fully saturated rings. The van der Waals surface area contributed by atoms with Crippen LogP contribution in [0.25, 0.3) is 0 Å². The number of benzene rings is 1. The average Bonchev–Trinajstić information content (AvgIpc) is 3.39. The van der Waals surface area contributed by atoms with Gasteiger partial charge in [0, 0.05) is 35.1 Å². The van der Waals surface area contributed by atoms with E-state index in [9.17, 15) is 10.0 Å². The first kappa shape index (κ1) is 20.5. The van der Waals surface area contributed by atoms with E-state index in [2.05, 4.69) is 25.3 Å². The number of anilines is 1. The van der Waals surface area contributed by atoms with Crippen LogP contribution in [-0.4, -0.2) is 31.1 Å². The maximum Gasteiger partial charge on any atom is 0.259 e. The van der Waals surface area contributed by atoms with Crippen LogP contribution < -0.4 is 10.8 Å². The summed E-state index contributed by atoms with van der Waals surface area (Å²) in [4.78, 5) is 30.0. The molecule has 0 unspecified atom stereocenters. The zero-order valence-electron chi connectivity index (χ0n) is 17.0. The predicted molar refractivity (Wildman–Crippen MR) is 113 cm³/mol. The van der Waals surface area contributed by atoms with Crippen molar-refractivity contribution < 1.29 is 15.5 Å². The number of aromatic amines is 1. The standard InChI is InChI=1S/C21H24N6O2S/c1-12-13(2)25-21(24-12)30-18-8-7-16(27-29)9-17(18)19(28)26-20-22-10-15(11-23-20)14-5-3-4-6-14/h7-11,14,27,29H,3-6H2,1-2H3,(H,24,25)(H,22,23,26,28)/p+1. The first-order chi connectivity index (χ1) is 14.5. The van der Waals surface area contributed by atoms with Crippen molar-refractivity contribution in [1.29, 1.82) is 0 Å². The predicted octanol–water partition coefficient (Wildman–Crippen LogP) is 3.46. The third-order valence-corrected chi connectivity index (χ3v) is 6.40. The van der Waals surface area contributed by atoms with Gasteiger partial charge < -0.3 is 4.98 Å². The fourth-order valence-corrected chi connectivity index (χ4v) is 4.60. The number of quaternary nitrogens is 1. The van der Waals surface area contributed by atoms with Gasteiger partial charge in [0.25, 0.3) is 5.91 Å². The molecule has 0 atom stereocenters. The molecule has 0 radical (unpaired) electrons. The Hall–Kier alpha value is -2.75. The van der Waals surface area contributed by atoms with Gasteiger partial charge in [-0.2, -0.15) is 5.48 Å². The Morgan fingerprint density at radius 3 is 2.60 bits per heavy atom. The SMILES string of the molecule is Cc1nc(Sc2ccc([NH2+]O)cc2C(=O)Nc2ncc(C3CCCC3)cn2)[nH]c1C. The van der Waals surface area contributed by atoms with Crippen molar-refractivity contribution in [3.8, 4) is 0 Å². The molecule has 8 nitrogen and oxygen atoms in total. The zero-order chi connectivity index (χ0) is 21.1. The molecule has 1 aliphatic carbocycles. The summed E-state index contributed by atoms with van der Waals surface area (Å²) in [5.41, 5.74) is 4.95. The third kappa shape index (κ3) is 4.53. The minimum atomic E-state index is -0.338. The summed E-state index contributed by atoms with van der Waals surface area (Å²) >= 11 is 1.36. The summed E-state index contributed by atoms with van der Waals surface area (Å²) in [5.74, 6) is 0.449. The molecule has 156 valence electrons. The number of aromatic nitrogens is 4. The average molecular weight is 426 g/mol. The molecule has 1 saturated carbocycles. The van der Waals surface area contributed by atoms with Crippen molar-refractivity contribution in [3.63, 3.8) is 0 Å². The van der Waals surface area contributed by atoms with Gasteiger partial charge in [-0.1, -0.05) is 24.6 Å². The Kier molecular flexibility index (Phi) is 6.12. The molecule has 2 heterocycles. The number of carbonyl (C=O) groups is 1. The lowest BCUT2D eigenvalue weighted by atomic mass is 10.0. The first-order valence-corrected chi connectivity index (χ1v) is 10.8. The van der Waals surface area contributed by atoms with Crippen molar-refractivity contribution in [3.05, 3.63) is 53.1 Å². The molecule has 1 aromatic carbocycles. The second-order valence-corrected chi connectivity index (χ2v) is 8.55. The van der Waals surface area contributed by atoms with Crippen LogP contribution in [0.3, 0.4) is 0 Å². The number of H-pyrrole nitrogens is 1. The van der Waals surface area contributed by atoms with Gasteiger partial charge in [-0.25, -0.2) is 20.2 Å². The van der Waals surface area contributed by atoms with Gasteiger partial charge in [0.15, 0.2) is 10.8 Å². The van der Waals surface area contributed by atoms with Gasteiger partial charge in [-0.15, -0.1) is 0 Å². The molecule has 0 aliphatic heterocycles. The molecule has 1 aliphatic rings. The van der Waals surface area contributed by atoms with Crippen molar-refractivity contribution >= 4 is 29.3 Å². The summed E-state index contributed by atoms with van der Waals surface area (Å²) in [6, 6.07) is 5.17. The molecule has 5 N–H and O–H groups in total. The molecule has 9 heteroatoms. The minimum absolute atomic E-state index is 0.265. The van der Waals surface area contributed by atoms with Gasteiger partial charge >= 0.3 is 0 Å². The van der Waals surface area contributed by atoms with Gasteiger partial charge in [-0.05, 0) is 44.2 Å². The van der Waals surface area contributed by atoms with Crippen LogP contribution in [0.1, 0.15) is 58.9 Å². The smallest absolute Gasteiger partial charge is 0.259 e. The second kappa shape index (κ2) is 8.95. The van der Waals surface area contributed by atoms with E-state index in [0.717, 1.165) is 27.3 Å². The molecule has 0 bridgehead atoms. The fraction of sp³-hybridized carbons (Fsp3) is 0.333. The number of hydrogen-bond donors (Lipinski definition) is 4. The van der Waals surface area contributed by atoms with Crippen LogP contribution in [0.4, 0.5) is 11.6 Å². The van der Waals surface area contributed by atoms with Crippen LogP contribution in [-0.2, 0) is 0 Å². The Labute approximate surface area is 178 Å². The highest BCUT2D eigenvalue weighted by Gasteiger charge is 2.20. The van der Waals surface area contributed by atoms with Gasteiger partial charge in [0.2, 0.25) is 5.95 Å². The third-order valence-electron chi connectivity index (χ3n) is 5.43. The van der Waals surface area contributed by atoms with E-state index in [1.807, 2.05) is 13.8 Å². The van der Waals surface area contributed by atoms with Crippen LogP contribution in [0.2, 0.25) is 0 Å². The quantitative estimate of drug-likeness (QED) is 0.355. The summed E-state index contributed by atoms with van der Waals surface area (Å²) in [7, 11) is 0. The van der Waals surface area contributed by atoms with Crippen LogP contribution in [0.15, 0.2) is 40.6 Å². The van der Waals surface area contributed by atoms with Crippen molar-refractivity contribution in [2.45, 2.75) is 55.5 Å². The Morgan fingerprint density at radius 1 is 1.23 bits per heavy atom. The molecule has 3 aromatic rings. The number of nitrogens with two attached hydrogens (primary N) is 1. The Balaban J connectivity index is 1.54. The molecule has 1 amide bonds. The number of rotatable bonds is 6. The lowest BCUT2D eigenvalue weighted by molar-refractivity contribution is -0.825. The van der Waals surface area contributed by atoms with Crippen molar-refractivity contribution in [2.24, 2.45) is 0 Å². The number of imidazole rings is 1. The highest BCUT2D eigenvalue weighted by atomic mass is 32.2. The van der Waals surface area contributed by atoms with Crippen molar-refractivity contribution in [2.75, 3.05) is 5.32 Å². The Morgan fingerprint density at radius 2 is 1.97 bits per heavy atom. The molecule has 2 aromatic heterocycles. The summed E-state index contributed by atoms with van der Waals surface area (Å²) < 4.78 is 0. The zero-order valence-corrected chi connectivity index (χ0v) is 17.8. The number of carbonyl (C=O) groups excluding carboxylic acids is 1. The maximum atomic E-state index is 13.0. The highest BCUT2D eigenvalue weighted by Crippen LogP contribution is 2.34. The number of nitrogens with one attached hydrogen (secondary N) is 2. The van der Waals surface area contributed by atoms with E-state index >= 15 is 0 Å². The van der Waals surface area contributed by atoms with Crippen molar-refractivity contribution in [1.82, 2.24) is 19.9 Å². The summed E-state index contributed by atoms with van der Waals surface area (Å²) in [5, 5.41) is 12.9. The van der Waals surface area contributed by atoms with E-state index in [1.54, 1.807) is 30.6 Å². The van der Waals surface area contributed by atoms with E-state index in [1.165, 1.54) is 37.4 Å². The lowest BCUT2D eigenvalue weighted by Gasteiger charge is -2.11. The highest BCUT2D eigenvalue weighted by molar-refractivity contribution is 7.99. The monoisotopic (exact) mass is 425 g/mol. The maximum absolute atomic E-state index is 13.0. The van der Waals surface area contributed by atoms with E-state index in [0.29, 0.717) is 22.3 Å². The molecule has 0 spiro atoms. The normalized spacial score (nSPS) is 14.2. The topological polar surface area (TPSA) is 120 Å². The number of amides is 1. The number of hydrogen-bond acceptors (Lipinski definition) is 6. The largest absolute Gasteiger partial charge is 0.337 e. The summed E-state index contributed by atoms with van der Waals surface area (Å²) in [6.45, 7) is 3.89. The molecule has 0 saturated heterocycles. The van der Waals surface area contributed by atoms with Gasteiger partial charge in [-0.3, -0.25) is 10.1 Å². The molecular weight excluding hydrogens is 400 g/mol. The minimum Gasteiger partial charge on any atom is -0.337 e.